The predicted octanol–water partition coefficient (Wildman–Crippen LogP) is 2.64. The first-order valence-corrected chi connectivity index (χ1v) is 14.6. The molecule has 4 N–H and O–H groups in total. The molecule has 3 aromatic carbocycles. The quantitative estimate of drug-likeness (QED) is 0.318. The first-order valence-electron chi connectivity index (χ1n) is 14.6. The topological polar surface area (TPSA) is 143 Å². The van der Waals surface area contributed by atoms with Crippen molar-refractivity contribution in [2.45, 2.75) is 31.7 Å². The molecule has 2 aliphatic heterocycles. The minimum Gasteiger partial charge on any atom is -0.508 e. The van der Waals surface area contributed by atoms with E-state index in [1.165, 1.54) is 26.9 Å². The van der Waals surface area contributed by atoms with Gasteiger partial charge in [0.1, 0.15) is 18.0 Å². The molecule has 12 heteroatoms. The highest BCUT2D eigenvalue weighted by molar-refractivity contribution is 5.92. The number of anilines is 1. The summed E-state index contributed by atoms with van der Waals surface area (Å²) in [5, 5.41) is 16.0. The number of hydrazine groups is 1. The third kappa shape index (κ3) is 6.91. The minimum atomic E-state index is -0.910. The van der Waals surface area contributed by atoms with Crippen LogP contribution in [0.4, 0.5) is 15.3 Å². The summed E-state index contributed by atoms with van der Waals surface area (Å²) in [6, 6.07) is 21.2. The zero-order valence-corrected chi connectivity index (χ0v) is 25.1. The number of urea groups is 2. The zero-order chi connectivity index (χ0) is 32.1. The Morgan fingerprint density at radius 3 is 2.42 bits per heavy atom. The van der Waals surface area contributed by atoms with Crippen molar-refractivity contribution in [3.8, 4) is 5.75 Å². The largest absolute Gasteiger partial charge is 0.508 e. The van der Waals surface area contributed by atoms with E-state index in [0.717, 1.165) is 16.7 Å². The average Bonchev–Trinajstić information content (AvgIpc) is 3.03. The van der Waals surface area contributed by atoms with Crippen LogP contribution in [0.3, 0.4) is 0 Å². The number of nitrogens with zero attached hydrogens (tertiary/aromatic N) is 5. The first-order chi connectivity index (χ1) is 21.7. The van der Waals surface area contributed by atoms with Gasteiger partial charge >= 0.3 is 12.1 Å². The number of rotatable bonds is 9. The molecule has 2 aliphatic rings. The van der Waals surface area contributed by atoms with Gasteiger partial charge in [0.25, 0.3) is 0 Å². The Balaban J connectivity index is 1.50. The number of phenols is 1. The molecule has 5 rings (SSSR count). The SMILES string of the molecule is C=CCN1CC(=O)N2[C@@H](Cc3ccc(O)cc3)C(=O)N(Cc3cccc(N(C)C(N)=O)c3)C[C@@H]2N1C(=O)NCc1ccccc1. The molecule has 2 atom stereocenters. The van der Waals surface area contributed by atoms with E-state index in [0.29, 0.717) is 5.69 Å². The predicted molar refractivity (Wildman–Crippen MR) is 168 cm³/mol. The van der Waals surface area contributed by atoms with Crippen LogP contribution in [0.15, 0.2) is 91.5 Å². The highest BCUT2D eigenvalue weighted by Gasteiger charge is 2.51. The standard InChI is InChI=1S/C33H37N7O5/c1-3-16-38-22-30(42)39-28(18-23-12-14-27(41)15-13-23)31(43)37(20-25-10-7-11-26(17-25)36(2)32(34)44)21-29(39)40(38)33(45)35-19-24-8-5-4-6-9-24/h3-15,17,28-29,41H,1,16,18-22H2,2H3,(H2,34,44)(H,35,45)/t28-,29-/m0/s1. The lowest BCUT2D eigenvalue weighted by Gasteiger charge is -2.55. The number of aromatic hydroxyl groups is 1. The number of hydrogen-bond acceptors (Lipinski definition) is 6. The van der Waals surface area contributed by atoms with Crippen molar-refractivity contribution in [3.05, 3.63) is 108 Å². The molecular weight excluding hydrogens is 574 g/mol. The van der Waals surface area contributed by atoms with E-state index in [2.05, 4.69) is 11.9 Å². The van der Waals surface area contributed by atoms with Gasteiger partial charge in [0, 0.05) is 38.8 Å². The summed E-state index contributed by atoms with van der Waals surface area (Å²) in [5.41, 5.74) is 8.45. The summed E-state index contributed by atoms with van der Waals surface area (Å²) in [6.07, 6.45) is 1.00. The number of amides is 6. The number of carbonyl (C=O) groups is 4. The molecule has 0 aromatic heterocycles. The highest BCUT2D eigenvalue weighted by Crippen LogP contribution is 2.30. The number of nitrogens with two attached hydrogens (primary N) is 1. The molecule has 0 bridgehead atoms. The number of phenolic OH excluding ortho intramolecular Hbond substituents is 1. The van der Waals surface area contributed by atoms with E-state index in [1.54, 1.807) is 53.4 Å². The van der Waals surface area contributed by atoms with E-state index < -0.39 is 24.3 Å². The van der Waals surface area contributed by atoms with Crippen molar-refractivity contribution in [1.29, 1.82) is 0 Å². The molecule has 0 unspecified atom stereocenters. The van der Waals surface area contributed by atoms with Gasteiger partial charge in [-0.05, 0) is 41.0 Å². The molecule has 2 saturated heterocycles. The van der Waals surface area contributed by atoms with Crippen molar-refractivity contribution in [2.75, 3.05) is 31.6 Å². The van der Waals surface area contributed by atoms with Crippen LogP contribution in [-0.4, -0.2) is 87.7 Å². The van der Waals surface area contributed by atoms with Crippen LogP contribution in [0.5, 0.6) is 5.75 Å². The molecule has 45 heavy (non-hydrogen) atoms. The van der Waals surface area contributed by atoms with Gasteiger partial charge in [0.05, 0.1) is 13.1 Å². The number of primary amides is 1. The summed E-state index contributed by atoms with van der Waals surface area (Å²) in [6.45, 7) is 4.46. The Kier molecular flexibility index (Phi) is 9.33. The van der Waals surface area contributed by atoms with E-state index in [4.69, 9.17) is 5.73 Å². The second-order valence-corrected chi connectivity index (χ2v) is 11.1. The highest BCUT2D eigenvalue weighted by atomic mass is 16.3. The maximum Gasteiger partial charge on any atom is 0.334 e. The number of fused-ring (bicyclic) bond motifs is 1. The van der Waals surface area contributed by atoms with Crippen LogP contribution in [0.25, 0.3) is 0 Å². The van der Waals surface area contributed by atoms with Gasteiger partial charge < -0.3 is 26.0 Å². The molecule has 6 amide bonds. The fraction of sp³-hybridized carbons (Fsp3) is 0.273. The Morgan fingerprint density at radius 1 is 1.02 bits per heavy atom. The summed E-state index contributed by atoms with van der Waals surface area (Å²) in [5.74, 6) is -0.469. The molecule has 0 spiro atoms. The van der Waals surface area contributed by atoms with Gasteiger partial charge in [-0.3, -0.25) is 14.5 Å². The second kappa shape index (κ2) is 13.5. The van der Waals surface area contributed by atoms with Crippen LogP contribution in [0.1, 0.15) is 16.7 Å². The van der Waals surface area contributed by atoms with Gasteiger partial charge in [-0.2, -0.15) is 0 Å². The number of benzene rings is 3. The summed E-state index contributed by atoms with van der Waals surface area (Å²) in [4.78, 5) is 58.0. The van der Waals surface area contributed by atoms with Crippen LogP contribution >= 0.6 is 0 Å². The summed E-state index contributed by atoms with van der Waals surface area (Å²) in [7, 11) is 1.56. The Morgan fingerprint density at radius 2 is 1.73 bits per heavy atom. The molecule has 0 aliphatic carbocycles. The molecular formula is C33H37N7O5. The molecule has 12 nitrogen and oxygen atoms in total. The van der Waals surface area contributed by atoms with Crippen molar-refractivity contribution in [2.24, 2.45) is 5.73 Å². The van der Waals surface area contributed by atoms with Gasteiger partial charge in [-0.15, -0.1) is 6.58 Å². The third-order valence-electron chi connectivity index (χ3n) is 8.03. The lowest BCUT2D eigenvalue weighted by molar-refractivity contribution is -0.189. The van der Waals surface area contributed by atoms with Crippen molar-refractivity contribution < 1.29 is 24.3 Å². The van der Waals surface area contributed by atoms with Gasteiger partial charge in [0.2, 0.25) is 11.8 Å². The zero-order valence-electron chi connectivity index (χ0n) is 25.1. The lowest BCUT2D eigenvalue weighted by atomic mass is 9.98. The number of hydrogen-bond donors (Lipinski definition) is 3. The fourth-order valence-corrected chi connectivity index (χ4v) is 5.76. The van der Waals surface area contributed by atoms with Crippen LogP contribution < -0.4 is 16.0 Å². The Bertz CT molecular complexity index is 1570. The Labute approximate surface area is 261 Å². The van der Waals surface area contributed by atoms with Crippen LogP contribution in [-0.2, 0) is 29.1 Å². The molecule has 2 fully saturated rings. The third-order valence-corrected chi connectivity index (χ3v) is 8.03. The van der Waals surface area contributed by atoms with E-state index in [1.807, 2.05) is 36.4 Å². The van der Waals surface area contributed by atoms with Gasteiger partial charge in [-0.25, -0.2) is 19.6 Å². The van der Waals surface area contributed by atoms with Gasteiger partial charge in [-0.1, -0.05) is 60.7 Å². The second-order valence-electron chi connectivity index (χ2n) is 11.1. The van der Waals surface area contributed by atoms with E-state index in [9.17, 15) is 24.3 Å². The summed E-state index contributed by atoms with van der Waals surface area (Å²) >= 11 is 0. The molecule has 0 saturated carbocycles. The first kappa shape index (κ1) is 31.1. The van der Waals surface area contributed by atoms with Crippen molar-refractivity contribution in [3.63, 3.8) is 0 Å². The van der Waals surface area contributed by atoms with Crippen molar-refractivity contribution in [1.82, 2.24) is 25.1 Å². The number of nitrogens with one attached hydrogen (secondary N) is 1. The maximum absolute atomic E-state index is 14.2. The molecule has 3 aromatic rings. The van der Waals surface area contributed by atoms with Crippen LogP contribution in [0, 0.1) is 0 Å². The minimum absolute atomic E-state index is 0.0545. The molecule has 2 heterocycles. The monoisotopic (exact) mass is 611 g/mol. The van der Waals surface area contributed by atoms with Gasteiger partial charge in [0.15, 0.2) is 0 Å². The van der Waals surface area contributed by atoms with Crippen molar-refractivity contribution >= 4 is 29.6 Å². The Hall–Kier alpha value is -5.36. The number of piperazine rings is 1. The lowest BCUT2D eigenvalue weighted by Crippen LogP contribution is -2.76. The number of carbonyl (C=O) groups excluding carboxylic acids is 4. The normalized spacial score (nSPS) is 18.4. The van der Waals surface area contributed by atoms with E-state index >= 15 is 0 Å². The summed E-state index contributed by atoms with van der Waals surface area (Å²) < 4.78 is 0. The molecule has 234 valence electrons. The van der Waals surface area contributed by atoms with E-state index in [-0.39, 0.29) is 56.7 Å². The molecule has 0 radical (unpaired) electrons. The fourth-order valence-electron chi connectivity index (χ4n) is 5.76. The smallest absolute Gasteiger partial charge is 0.334 e. The maximum atomic E-state index is 14.2. The average molecular weight is 612 g/mol. The van der Waals surface area contributed by atoms with Crippen LogP contribution in [0.2, 0.25) is 0 Å².